The standard InChI is InChI=1S/C15H18FN3S/c16-13-4-1-3-12(11-13)6-8-18-15(17)19-9-7-14-5-2-10-20-14/h1-5,10-11H,6-9H2,(H3,17,18,19). The number of thiophene rings is 1. The Labute approximate surface area is 122 Å². The normalized spacial score (nSPS) is 11.6. The van der Waals surface area contributed by atoms with Crippen molar-refractivity contribution in [1.29, 1.82) is 0 Å². The first kappa shape index (κ1) is 14.5. The average Bonchev–Trinajstić information content (AvgIpc) is 2.92. The molecule has 0 spiro atoms. The van der Waals surface area contributed by atoms with Crippen LogP contribution in [0.2, 0.25) is 0 Å². The molecule has 0 fully saturated rings. The van der Waals surface area contributed by atoms with E-state index in [0.29, 0.717) is 19.0 Å². The highest BCUT2D eigenvalue weighted by Gasteiger charge is 1.97. The molecule has 0 bridgehead atoms. The Balaban J connectivity index is 1.68. The Kier molecular flexibility index (Phi) is 5.55. The summed E-state index contributed by atoms with van der Waals surface area (Å²) in [5, 5.41) is 5.09. The summed E-state index contributed by atoms with van der Waals surface area (Å²) >= 11 is 1.73. The van der Waals surface area contributed by atoms with Crippen LogP contribution in [0, 0.1) is 5.82 Å². The minimum atomic E-state index is -0.208. The molecule has 0 radical (unpaired) electrons. The van der Waals surface area contributed by atoms with Crippen LogP contribution in [0.5, 0.6) is 0 Å². The zero-order chi connectivity index (χ0) is 14.2. The van der Waals surface area contributed by atoms with Crippen molar-refractivity contribution in [1.82, 2.24) is 5.32 Å². The molecule has 2 aromatic rings. The fraction of sp³-hybridized carbons (Fsp3) is 0.267. The van der Waals surface area contributed by atoms with Gasteiger partial charge in [-0.25, -0.2) is 4.39 Å². The number of nitrogens with two attached hydrogens (primary N) is 1. The van der Waals surface area contributed by atoms with Gasteiger partial charge in [-0.3, -0.25) is 4.99 Å². The topological polar surface area (TPSA) is 50.4 Å². The van der Waals surface area contributed by atoms with Gasteiger partial charge in [0.05, 0.1) is 0 Å². The number of rotatable bonds is 6. The van der Waals surface area contributed by atoms with Crippen LogP contribution in [0.3, 0.4) is 0 Å². The molecular weight excluding hydrogens is 273 g/mol. The summed E-state index contributed by atoms with van der Waals surface area (Å²) in [6.07, 6.45) is 1.63. The van der Waals surface area contributed by atoms with Crippen LogP contribution >= 0.6 is 11.3 Å². The fourth-order valence-electron chi connectivity index (χ4n) is 1.82. The largest absolute Gasteiger partial charge is 0.370 e. The van der Waals surface area contributed by atoms with Gasteiger partial charge in [0, 0.05) is 24.4 Å². The molecule has 3 nitrogen and oxygen atoms in total. The third kappa shape index (κ3) is 5.01. The van der Waals surface area contributed by atoms with Crippen LogP contribution < -0.4 is 11.1 Å². The van der Waals surface area contributed by atoms with Crippen LogP contribution in [0.4, 0.5) is 4.39 Å². The lowest BCUT2D eigenvalue weighted by Gasteiger charge is -2.05. The molecule has 106 valence electrons. The first-order valence-electron chi connectivity index (χ1n) is 6.54. The lowest BCUT2D eigenvalue weighted by molar-refractivity contribution is 0.625. The summed E-state index contributed by atoms with van der Waals surface area (Å²) in [4.78, 5) is 5.57. The average molecular weight is 291 g/mol. The molecule has 0 aliphatic carbocycles. The van der Waals surface area contributed by atoms with E-state index in [1.807, 2.05) is 12.1 Å². The van der Waals surface area contributed by atoms with Gasteiger partial charge in [-0.15, -0.1) is 11.3 Å². The van der Waals surface area contributed by atoms with E-state index >= 15 is 0 Å². The molecule has 0 unspecified atom stereocenters. The van der Waals surface area contributed by atoms with Gasteiger partial charge >= 0.3 is 0 Å². The van der Waals surface area contributed by atoms with Gasteiger partial charge in [-0.2, -0.15) is 0 Å². The second kappa shape index (κ2) is 7.65. The van der Waals surface area contributed by atoms with Crippen molar-refractivity contribution >= 4 is 17.3 Å². The van der Waals surface area contributed by atoms with E-state index in [-0.39, 0.29) is 5.82 Å². The number of aliphatic imine (C=N–C) groups is 1. The molecule has 1 aromatic carbocycles. The van der Waals surface area contributed by atoms with Crippen LogP contribution in [0.1, 0.15) is 10.4 Å². The van der Waals surface area contributed by atoms with Crippen molar-refractivity contribution in [2.45, 2.75) is 12.8 Å². The number of hydrogen-bond donors (Lipinski definition) is 2. The van der Waals surface area contributed by atoms with Crippen LogP contribution in [-0.2, 0) is 12.8 Å². The maximum Gasteiger partial charge on any atom is 0.188 e. The highest BCUT2D eigenvalue weighted by molar-refractivity contribution is 7.09. The Morgan fingerprint density at radius 3 is 2.90 bits per heavy atom. The lowest BCUT2D eigenvalue weighted by atomic mass is 10.1. The third-order valence-corrected chi connectivity index (χ3v) is 3.77. The van der Waals surface area contributed by atoms with Gasteiger partial charge < -0.3 is 11.1 Å². The zero-order valence-electron chi connectivity index (χ0n) is 11.2. The maximum atomic E-state index is 13.0. The van der Waals surface area contributed by atoms with Crippen molar-refractivity contribution < 1.29 is 4.39 Å². The monoisotopic (exact) mass is 291 g/mol. The molecule has 0 aliphatic heterocycles. The quantitative estimate of drug-likeness (QED) is 0.635. The van der Waals surface area contributed by atoms with Crippen molar-refractivity contribution in [2.75, 3.05) is 13.1 Å². The van der Waals surface area contributed by atoms with Crippen molar-refractivity contribution in [3.63, 3.8) is 0 Å². The van der Waals surface area contributed by atoms with Crippen LogP contribution in [0.15, 0.2) is 46.8 Å². The van der Waals surface area contributed by atoms with E-state index in [2.05, 4.69) is 21.8 Å². The van der Waals surface area contributed by atoms with Gasteiger partial charge in [0.15, 0.2) is 5.96 Å². The third-order valence-electron chi connectivity index (χ3n) is 2.83. The Morgan fingerprint density at radius 2 is 2.15 bits per heavy atom. The van der Waals surface area contributed by atoms with E-state index < -0.39 is 0 Å². The van der Waals surface area contributed by atoms with E-state index in [9.17, 15) is 4.39 Å². The van der Waals surface area contributed by atoms with E-state index in [1.165, 1.54) is 17.0 Å². The number of nitrogens with zero attached hydrogens (tertiary/aromatic N) is 1. The summed E-state index contributed by atoms with van der Waals surface area (Å²) < 4.78 is 13.0. The van der Waals surface area contributed by atoms with Gasteiger partial charge in [0.25, 0.3) is 0 Å². The minimum absolute atomic E-state index is 0.208. The van der Waals surface area contributed by atoms with Gasteiger partial charge in [-0.05, 0) is 35.6 Å². The zero-order valence-corrected chi connectivity index (χ0v) is 12.0. The molecule has 0 saturated heterocycles. The minimum Gasteiger partial charge on any atom is -0.370 e. The van der Waals surface area contributed by atoms with Gasteiger partial charge in [0.1, 0.15) is 5.82 Å². The molecule has 0 atom stereocenters. The number of nitrogens with one attached hydrogen (secondary N) is 1. The van der Waals surface area contributed by atoms with Gasteiger partial charge in [-0.1, -0.05) is 18.2 Å². The SMILES string of the molecule is NC(=NCCc1cccs1)NCCc1cccc(F)c1. The van der Waals surface area contributed by atoms with Crippen molar-refractivity contribution in [2.24, 2.45) is 10.7 Å². The summed E-state index contributed by atoms with van der Waals surface area (Å²) in [5.41, 5.74) is 6.72. The first-order chi connectivity index (χ1) is 9.74. The molecule has 3 N–H and O–H groups in total. The Bertz CT molecular complexity index is 552. The van der Waals surface area contributed by atoms with E-state index in [1.54, 1.807) is 17.4 Å². The molecule has 1 aromatic heterocycles. The highest BCUT2D eigenvalue weighted by Crippen LogP contribution is 2.08. The van der Waals surface area contributed by atoms with Gasteiger partial charge in [0.2, 0.25) is 0 Å². The molecule has 1 heterocycles. The van der Waals surface area contributed by atoms with Crippen LogP contribution in [0.25, 0.3) is 0 Å². The number of hydrogen-bond acceptors (Lipinski definition) is 2. The molecule has 0 aliphatic rings. The smallest absolute Gasteiger partial charge is 0.188 e. The second-order valence-electron chi connectivity index (χ2n) is 4.40. The molecular formula is C15H18FN3S. The molecule has 0 amide bonds. The second-order valence-corrected chi connectivity index (χ2v) is 5.44. The summed E-state index contributed by atoms with van der Waals surface area (Å²) in [6.45, 7) is 1.33. The molecule has 0 saturated carbocycles. The summed E-state index contributed by atoms with van der Waals surface area (Å²) in [7, 11) is 0. The fourth-order valence-corrected chi connectivity index (χ4v) is 2.52. The van der Waals surface area contributed by atoms with Crippen LogP contribution in [-0.4, -0.2) is 19.0 Å². The maximum absolute atomic E-state index is 13.0. The van der Waals surface area contributed by atoms with Crippen molar-refractivity contribution in [3.8, 4) is 0 Å². The molecule has 2 rings (SSSR count). The van der Waals surface area contributed by atoms with Crippen molar-refractivity contribution in [3.05, 3.63) is 58.0 Å². The predicted octanol–water partition coefficient (Wildman–Crippen LogP) is 2.58. The number of benzene rings is 1. The Morgan fingerprint density at radius 1 is 1.25 bits per heavy atom. The summed E-state index contributed by atoms with van der Waals surface area (Å²) in [6, 6.07) is 10.7. The predicted molar refractivity (Wildman–Crippen MR) is 82.6 cm³/mol. The Hall–Kier alpha value is -1.88. The summed E-state index contributed by atoms with van der Waals surface area (Å²) in [5.74, 6) is 0.234. The highest BCUT2D eigenvalue weighted by atomic mass is 32.1. The van der Waals surface area contributed by atoms with E-state index in [4.69, 9.17) is 5.73 Å². The molecule has 5 heteroatoms. The number of guanidine groups is 1. The van der Waals surface area contributed by atoms with E-state index in [0.717, 1.165) is 18.4 Å². The molecule has 20 heavy (non-hydrogen) atoms. The first-order valence-corrected chi connectivity index (χ1v) is 7.42. The number of halogens is 1. The lowest BCUT2D eigenvalue weighted by Crippen LogP contribution is -2.33.